The number of rotatable bonds is 4. The Kier molecular flexibility index (Phi) is 4.46. The van der Waals surface area contributed by atoms with Gasteiger partial charge in [-0.25, -0.2) is 0 Å². The summed E-state index contributed by atoms with van der Waals surface area (Å²) in [4.78, 5) is 17.0. The van der Waals surface area contributed by atoms with Crippen molar-refractivity contribution in [3.8, 4) is 0 Å². The first kappa shape index (κ1) is 17.1. The second kappa shape index (κ2) is 6.78. The van der Waals surface area contributed by atoms with Crippen LogP contribution in [0.5, 0.6) is 0 Å². The molecule has 136 valence electrons. The second-order valence-electron chi connectivity index (χ2n) is 6.99. The third kappa shape index (κ3) is 3.22. The van der Waals surface area contributed by atoms with E-state index in [0.29, 0.717) is 29.5 Å². The van der Waals surface area contributed by atoms with Crippen LogP contribution in [0, 0.1) is 0 Å². The van der Waals surface area contributed by atoms with Crippen molar-refractivity contribution < 1.29 is 9.21 Å². The summed E-state index contributed by atoms with van der Waals surface area (Å²) in [5, 5.41) is 5.92. The van der Waals surface area contributed by atoms with Crippen LogP contribution in [0.4, 0.5) is 0 Å². The highest BCUT2D eigenvalue weighted by Crippen LogP contribution is 2.27. The molecule has 4 rings (SSSR count). The molecule has 0 saturated carbocycles. The van der Waals surface area contributed by atoms with Crippen LogP contribution in [0.2, 0.25) is 5.02 Å². The largest absolute Gasteiger partial charge is 0.451 e. The van der Waals surface area contributed by atoms with Crippen molar-refractivity contribution in [1.82, 2.24) is 19.6 Å². The Morgan fingerprint density at radius 2 is 2.19 bits per heavy atom. The zero-order valence-electron chi connectivity index (χ0n) is 14.9. The molecule has 3 heterocycles. The van der Waals surface area contributed by atoms with E-state index in [1.807, 2.05) is 21.7 Å². The first-order chi connectivity index (χ1) is 12.5. The third-order valence-electron chi connectivity index (χ3n) is 4.77. The summed E-state index contributed by atoms with van der Waals surface area (Å²) >= 11 is 6.03. The number of hydrogen-bond acceptors (Lipinski definition) is 4. The van der Waals surface area contributed by atoms with Crippen LogP contribution in [0.25, 0.3) is 11.0 Å². The van der Waals surface area contributed by atoms with Gasteiger partial charge in [0.05, 0.1) is 18.3 Å². The topological polar surface area (TPSA) is 54.5 Å². The van der Waals surface area contributed by atoms with E-state index >= 15 is 0 Å². The van der Waals surface area contributed by atoms with Crippen LogP contribution in [-0.4, -0.2) is 52.7 Å². The molecule has 0 aliphatic carbocycles. The number of carbonyl (C=O) groups excluding carboxylic acids is 1. The Morgan fingerprint density at radius 1 is 1.35 bits per heavy atom. The number of carbonyl (C=O) groups is 1. The predicted octanol–water partition coefficient (Wildman–Crippen LogP) is 3.43. The van der Waals surface area contributed by atoms with Crippen LogP contribution < -0.4 is 0 Å². The number of fused-ring (bicyclic) bond motifs is 2. The fourth-order valence-electron chi connectivity index (χ4n) is 3.44. The molecule has 1 aliphatic rings. The fraction of sp³-hybridized carbons (Fsp3) is 0.368. The van der Waals surface area contributed by atoms with E-state index in [-0.39, 0.29) is 11.9 Å². The first-order valence-electron chi connectivity index (χ1n) is 8.67. The smallest absolute Gasteiger partial charge is 0.290 e. The van der Waals surface area contributed by atoms with Crippen molar-refractivity contribution in [2.75, 3.05) is 27.2 Å². The van der Waals surface area contributed by atoms with E-state index in [4.69, 9.17) is 16.0 Å². The van der Waals surface area contributed by atoms with Crippen LogP contribution in [-0.2, 0) is 6.54 Å². The molecule has 0 N–H and O–H groups in total. The molecule has 7 heteroatoms. The van der Waals surface area contributed by atoms with Crippen LogP contribution in [0.3, 0.4) is 0 Å². The molecular weight excluding hydrogens is 352 g/mol. The minimum atomic E-state index is -0.0976. The Hall–Kier alpha value is -2.31. The molecule has 0 unspecified atom stereocenters. The lowest BCUT2D eigenvalue weighted by molar-refractivity contribution is 0.0630. The minimum absolute atomic E-state index is 0.0976. The lowest BCUT2D eigenvalue weighted by Gasteiger charge is -2.34. The van der Waals surface area contributed by atoms with Gasteiger partial charge in [-0.05, 0) is 57.4 Å². The molecule has 0 saturated heterocycles. The zero-order valence-corrected chi connectivity index (χ0v) is 15.6. The number of hydrogen-bond donors (Lipinski definition) is 0. The van der Waals surface area contributed by atoms with E-state index in [1.165, 1.54) is 0 Å². The Labute approximate surface area is 156 Å². The van der Waals surface area contributed by atoms with Crippen molar-refractivity contribution in [3.05, 3.63) is 53.0 Å². The molecule has 1 atom stereocenters. The summed E-state index contributed by atoms with van der Waals surface area (Å²) < 4.78 is 7.81. The average Bonchev–Trinajstić information content (AvgIpc) is 3.24. The SMILES string of the molecule is CN(C)CC[C@@H]1CN(C(=O)c2cc3cc(Cl)ccc3o2)Cc2ccnn21. The van der Waals surface area contributed by atoms with Gasteiger partial charge in [0.2, 0.25) is 0 Å². The fourth-order valence-corrected chi connectivity index (χ4v) is 3.62. The van der Waals surface area contributed by atoms with Gasteiger partial charge >= 0.3 is 0 Å². The lowest BCUT2D eigenvalue weighted by atomic mass is 10.1. The van der Waals surface area contributed by atoms with E-state index in [1.54, 1.807) is 24.4 Å². The lowest BCUT2D eigenvalue weighted by Crippen LogP contribution is -2.42. The number of amides is 1. The zero-order chi connectivity index (χ0) is 18.3. The van der Waals surface area contributed by atoms with Gasteiger partial charge in [0, 0.05) is 23.2 Å². The molecule has 1 aromatic carbocycles. The van der Waals surface area contributed by atoms with Gasteiger partial charge in [0.15, 0.2) is 5.76 Å². The van der Waals surface area contributed by atoms with Gasteiger partial charge < -0.3 is 14.2 Å². The standard InChI is InChI=1S/C19H21ClN4O2/c1-22(2)8-6-16-12-23(11-15-5-7-21-24(15)16)19(25)18-10-13-9-14(20)3-4-17(13)26-18/h3-5,7,9-10,16H,6,8,11-12H2,1-2H3/t16-/m1/s1. The van der Waals surface area contributed by atoms with Crippen molar-refractivity contribution in [3.63, 3.8) is 0 Å². The van der Waals surface area contributed by atoms with Gasteiger partial charge in [0.25, 0.3) is 5.91 Å². The molecule has 1 amide bonds. The molecule has 0 fully saturated rings. The maximum atomic E-state index is 13.0. The van der Waals surface area contributed by atoms with E-state index in [9.17, 15) is 4.79 Å². The number of nitrogens with zero attached hydrogens (tertiary/aromatic N) is 4. The highest BCUT2D eigenvalue weighted by Gasteiger charge is 2.30. The maximum absolute atomic E-state index is 13.0. The summed E-state index contributed by atoms with van der Waals surface area (Å²) in [7, 11) is 4.10. The maximum Gasteiger partial charge on any atom is 0.290 e. The Balaban J connectivity index is 1.59. The molecule has 2 aromatic heterocycles. The monoisotopic (exact) mass is 372 g/mol. The van der Waals surface area contributed by atoms with Gasteiger partial charge in [-0.3, -0.25) is 9.48 Å². The van der Waals surface area contributed by atoms with E-state index in [2.05, 4.69) is 24.1 Å². The van der Waals surface area contributed by atoms with Crippen LogP contribution >= 0.6 is 11.6 Å². The Bertz CT molecular complexity index is 946. The summed E-state index contributed by atoms with van der Waals surface area (Å²) in [5.74, 6) is 0.251. The minimum Gasteiger partial charge on any atom is -0.451 e. The highest BCUT2D eigenvalue weighted by molar-refractivity contribution is 6.31. The number of aromatic nitrogens is 2. The molecular formula is C19H21ClN4O2. The normalized spacial score (nSPS) is 17.1. The quantitative estimate of drug-likeness (QED) is 0.704. The predicted molar refractivity (Wildman–Crippen MR) is 100 cm³/mol. The third-order valence-corrected chi connectivity index (χ3v) is 5.00. The summed E-state index contributed by atoms with van der Waals surface area (Å²) in [6, 6.07) is 9.27. The van der Waals surface area contributed by atoms with Crippen LogP contribution in [0.15, 0.2) is 40.9 Å². The Morgan fingerprint density at radius 3 is 3.00 bits per heavy atom. The molecule has 6 nitrogen and oxygen atoms in total. The summed E-state index contributed by atoms with van der Waals surface area (Å²) in [5.41, 5.74) is 1.72. The second-order valence-corrected chi connectivity index (χ2v) is 7.43. The molecule has 0 radical (unpaired) electrons. The summed E-state index contributed by atoms with van der Waals surface area (Å²) in [6.07, 6.45) is 2.73. The molecule has 26 heavy (non-hydrogen) atoms. The van der Waals surface area contributed by atoms with Crippen molar-refractivity contribution in [2.24, 2.45) is 0 Å². The number of halogens is 1. The number of benzene rings is 1. The molecule has 0 spiro atoms. The number of furan rings is 1. The molecule has 3 aromatic rings. The van der Waals surface area contributed by atoms with Crippen molar-refractivity contribution >= 4 is 28.5 Å². The van der Waals surface area contributed by atoms with E-state index < -0.39 is 0 Å². The van der Waals surface area contributed by atoms with E-state index in [0.717, 1.165) is 24.0 Å². The highest BCUT2D eigenvalue weighted by atomic mass is 35.5. The van der Waals surface area contributed by atoms with Crippen LogP contribution in [0.1, 0.15) is 28.7 Å². The van der Waals surface area contributed by atoms with Gasteiger partial charge in [0.1, 0.15) is 5.58 Å². The van der Waals surface area contributed by atoms with Gasteiger partial charge in [-0.15, -0.1) is 0 Å². The first-order valence-corrected chi connectivity index (χ1v) is 9.04. The van der Waals surface area contributed by atoms with Gasteiger partial charge in [-0.1, -0.05) is 11.6 Å². The molecule has 0 bridgehead atoms. The van der Waals surface area contributed by atoms with Gasteiger partial charge in [-0.2, -0.15) is 5.10 Å². The summed E-state index contributed by atoms with van der Waals surface area (Å²) in [6.45, 7) is 2.10. The molecule has 1 aliphatic heterocycles. The van der Waals surface area contributed by atoms with Crippen molar-refractivity contribution in [1.29, 1.82) is 0 Å². The van der Waals surface area contributed by atoms with Crippen molar-refractivity contribution in [2.45, 2.75) is 19.0 Å². The average molecular weight is 373 g/mol.